The number of hydrazine groups is 1. The quantitative estimate of drug-likeness (QED) is 0.853. The van der Waals surface area contributed by atoms with Crippen molar-refractivity contribution < 1.29 is 14.7 Å². The van der Waals surface area contributed by atoms with Gasteiger partial charge in [0.05, 0.1) is 11.3 Å². The van der Waals surface area contributed by atoms with E-state index >= 15 is 0 Å². The second-order valence-electron chi connectivity index (χ2n) is 8.57. The largest absolute Gasteiger partial charge is 0.478 e. The molecule has 2 N–H and O–H groups in total. The first kappa shape index (κ1) is 16.3. The molecule has 1 amide bonds. The first-order valence-corrected chi connectivity index (χ1v) is 10.1. The van der Waals surface area contributed by atoms with Crippen molar-refractivity contribution in [1.29, 1.82) is 0 Å². The summed E-state index contributed by atoms with van der Waals surface area (Å²) in [4.78, 5) is 24.4. The SMILES string of the molecule is O=C(O)c1ccc(N2NC3C4CCCCC4C4CCCC(C2=O)C43)cc1. The fourth-order valence-corrected chi connectivity index (χ4v) is 6.53. The molecule has 1 aromatic carbocycles. The van der Waals surface area contributed by atoms with Crippen molar-refractivity contribution in [2.75, 3.05) is 5.01 Å². The monoisotopic (exact) mass is 354 g/mol. The number of amides is 1. The highest BCUT2D eigenvalue weighted by atomic mass is 16.4. The van der Waals surface area contributed by atoms with Gasteiger partial charge in [0.1, 0.15) is 0 Å². The van der Waals surface area contributed by atoms with Gasteiger partial charge in [-0.15, -0.1) is 0 Å². The molecule has 4 aliphatic rings. The highest BCUT2D eigenvalue weighted by Gasteiger charge is 2.58. The van der Waals surface area contributed by atoms with E-state index in [-0.39, 0.29) is 17.4 Å². The number of anilines is 1. The van der Waals surface area contributed by atoms with Crippen LogP contribution in [0, 0.1) is 29.6 Å². The van der Waals surface area contributed by atoms with Gasteiger partial charge in [0.25, 0.3) is 0 Å². The van der Waals surface area contributed by atoms with E-state index in [1.807, 2.05) is 0 Å². The minimum atomic E-state index is -0.939. The predicted octanol–water partition coefficient (Wildman–Crippen LogP) is 3.46. The second-order valence-corrected chi connectivity index (χ2v) is 8.57. The van der Waals surface area contributed by atoms with Crippen molar-refractivity contribution in [3.8, 4) is 0 Å². The van der Waals surface area contributed by atoms with Crippen LogP contribution in [0.15, 0.2) is 24.3 Å². The smallest absolute Gasteiger partial charge is 0.335 e. The van der Waals surface area contributed by atoms with Crippen molar-refractivity contribution in [1.82, 2.24) is 5.43 Å². The molecule has 5 heteroatoms. The van der Waals surface area contributed by atoms with Crippen molar-refractivity contribution in [2.24, 2.45) is 29.6 Å². The van der Waals surface area contributed by atoms with Crippen LogP contribution < -0.4 is 10.4 Å². The predicted molar refractivity (Wildman–Crippen MR) is 97.6 cm³/mol. The van der Waals surface area contributed by atoms with Gasteiger partial charge < -0.3 is 5.11 Å². The topological polar surface area (TPSA) is 69.6 Å². The van der Waals surface area contributed by atoms with Crippen LogP contribution in [-0.2, 0) is 4.79 Å². The number of carbonyl (C=O) groups is 2. The van der Waals surface area contributed by atoms with E-state index in [2.05, 4.69) is 5.43 Å². The number of carboxylic acids is 1. The number of carboxylic acid groups (broad SMARTS) is 1. The van der Waals surface area contributed by atoms with E-state index in [1.54, 1.807) is 29.3 Å². The maximum Gasteiger partial charge on any atom is 0.335 e. The molecule has 0 bridgehead atoms. The molecule has 6 atom stereocenters. The first-order valence-electron chi connectivity index (χ1n) is 10.1. The molecule has 0 radical (unpaired) electrons. The van der Waals surface area contributed by atoms with Crippen LogP contribution in [0.25, 0.3) is 0 Å². The van der Waals surface area contributed by atoms with Crippen LogP contribution in [-0.4, -0.2) is 23.0 Å². The lowest BCUT2D eigenvalue weighted by atomic mass is 9.68. The Labute approximate surface area is 153 Å². The van der Waals surface area contributed by atoms with Gasteiger partial charge in [-0.05, 0) is 73.6 Å². The summed E-state index contributed by atoms with van der Waals surface area (Å²) in [6, 6.07) is 7.07. The van der Waals surface area contributed by atoms with Crippen LogP contribution in [0.1, 0.15) is 55.3 Å². The molecule has 1 aliphatic heterocycles. The Morgan fingerprint density at radius 2 is 1.65 bits per heavy atom. The van der Waals surface area contributed by atoms with Gasteiger partial charge in [0, 0.05) is 12.0 Å². The number of hydrogen-bond acceptors (Lipinski definition) is 3. The number of hydrogen-bond donors (Lipinski definition) is 2. The summed E-state index contributed by atoms with van der Waals surface area (Å²) in [5.41, 5.74) is 4.61. The first-order chi connectivity index (χ1) is 12.6. The normalized spacial score (nSPS) is 38.6. The number of nitrogens with zero attached hydrogens (tertiary/aromatic N) is 1. The molecule has 5 nitrogen and oxygen atoms in total. The van der Waals surface area contributed by atoms with Gasteiger partial charge in [0.2, 0.25) is 5.91 Å². The zero-order chi connectivity index (χ0) is 17.8. The number of fused-ring (bicyclic) bond motifs is 3. The Bertz CT molecular complexity index is 731. The zero-order valence-corrected chi connectivity index (χ0v) is 14.9. The van der Waals surface area contributed by atoms with E-state index in [0.717, 1.165) is 23.9 Å². The van der Waals surface area contributed by atoms with Crippen LogP contribution in [0.5, 0.6) is 0 Å². The molecule has 0 aromatic heterocycles. The summed E-state index contributed by atoms with van der Waals surface area (Å²) in [6.45, 7) is 0. The summed E-state index contributed by atoms with van der Waals surface area (Å²) in [5, 5.41) is 10.8. The standard InChI is InChI=1S/C21H26N2O3/c24-20-17-7-3-6-15-14-4-1-2-5-16(14)19(18(15)17)22-23(20)13-10-8-12(9-11-13)21(25)26/h8-11,14-19,22H,1-7H2,(H,25,26). The molecular formula is C21H26N2O3. The minimum absolute atomic E-state index is 0.129. The van der Waals surface area contributed by atoms with Gasteiger partial charge in [0.15, 0.2) is 0 Å². The van der Waals surface area contributed by atoms with E-state index in [1.165, 1.54) is 38.5 Å². The highest BCUT2D eigenvalue weighted by Crippen LogP contribution is 2.57. The highest BCUT2D eigenvalue weighted by molar-refractivity contribution is 5.96. The molecule has 3 aliphatic carbocycles. The van der Waals surface area contributed by atoms with Crippen molar-refractivity contribution >= 4 is 17.6 Å². The number of rotatable bonds is 2. The average Bonchev–Trinajstić information content (AvgIpc) is 3.00. The summed E-state index contributed by atoms with van der Waals surface area (Å²) in [6.07, 6.45) is 8.72. The lowest BCUT2D eigenvalue weighted by molar-refractivity contribution is -0.130. The maximum atomic E-state index is 13.3. The fourth-order valence-electron chi connectivity index (χ4n) is 6.53. The number of aromatic carboxylic acids is 1. The van der Waals surface area contributed by atoms with E-state index < -0.39 is 5.97 Å². The van der Waals surface area contributed by atoms with Crippen LogP contribution in [0.4, 0.5) is 5.69 Å². The number of nitrogens with one attached hydrogen (secondary N) is 1. The third kappa shape index (κ3) is 2.33. The zero-order valence-electron chi connectivity index (χ0n) is 14.9. The summed E-state index contributed by atoms with van der Waals surface area (Å²) in [7, 11) is 0. The Morgan fingerprint density at radius 1 is 0.962 bits per heavy atom. The van der Waals surface area contributed by atoms with Gasteiger partial charge in [-0.3, -0.25) is 4.79 Å². The Balaban J connectivity index is 1.48. The molecule has 1 heterocycles. The molecule has 138 valence electrons. The summed E-state index contributed by atoms with van der Waals surface area (Å²) >= 11 is 0. The van der Waals surface area contributed by atoms with Crippen LogP contribution >= 0.6 is 0 Å². The average molecular weight is 354 g/mol. The molecule has 5 rings (SSSR count). The molecule has 1 saturated heterocycles. The second kappa shape index (κ2) is 6.08. The van der Waals surface area contributed by atoms with E-state index in [9.17, 15) is 9.59 Å². The summed E-state index contributed by atoms with van der Waals surface area (Å²) in [5.74, 6) is 2.06. The van der Waals surface area contributed by atoms with E-state index in [0.29, 0.717) is 17.9 Å². The Morgan fingerprint density at radius 3 is 2.38 bits per heavy atom. The van der Waals surface area contributed by atoms with Crippen molar-refractivity contribution in [2.45, 2.75) is 51.0 Å². The van der Waals surface area contributed by atoms with Gasteiger partial charge in [-0.2, -0.15) is 0 Å². The molecule has 0 spiro atoms. The lowest BCUT2D eigenvalue weighted by Gasteiger charge is -2.46. The summed E-state index contributed by atoms with van der Waals surface area (Å²) < 4.78 is 0. The molecular weight excluding hydrogens is 328 g/mol. The third-order valence-corrected chi connectivity index (χ3v) is 7.50. The fraction of sp³-hybridized carbons (Fsp3) is 0.619. The molecule has 1 aromatic rings. The van der Waals surface area contributed by atoms with Crippen LogP contribution in [0.2, 0.25) is 0 Å². The molecule has 4 fully saturated rings. The van der Waals surface area contributed by atoms with Gasteiger partial charge >= 0.3 is 5.97 Å². The van der Waals surface area contributed by atoms with Crippen LogP contribution in [0.3, 0.4) is 0 Å². The molecule has 3 saturated carbocycles. The molecule has 26 heavy (non-hydrogen) atoms. The maximum absolute atomic E-state index is 13.3. The minimum Gasteiger partial charge on any atom is -0.478 e. The van der Waals surface area contributed by atoms with Gasteiger partial charge in [-0.25, -0.2) is 15.2 Å². The van der Waals surface area contributed by atoms with Crippen molar-refractivity contribution in [3.63, 3.8) is 0 Å². The molecule has 6 unspecified atom stereocenters. The number of carbonyl (C=O) groups excluding carboxylic acids is 1. The Hall–Kier alpha value is -1.88. The Kier molecular flexibility index (Phi) is 3.82. The lowest BCUT2D eigenvalue weighted by Crippen LogP contribution is -2.62. The number of benzene rings is 1. The van der Waals surface area contributed by atoms with Crippen molar-refractivity contribution in [3.05, 3.63) is 29.8 Å². The third-order valence-electron chi connectivity index (χ3n) is 7.50. The van der Waals surface area contributed by atoms with E-state index in [4.69, 9.17) is 5.11 Å². The van der Waals surface area contributed by atoms with Gasteiger partial charge in [-0.1, -0.05) is 19.3 Å².